The van der Waals surface area contributed by atoms with Gasteiger partial charge in [-0.15, -0.1) is 11.3 Å². The summed E-state index contributed by atoms with van der Waals surface area (Å²) in [7, 11) is -2.89. The highest BCUT2D eigenvalue weighted by molar-refractivity contribution is 7.25. The average molecular weight is 794 g/mol. The lowest BCUT2D eigenvalue weighted by molar-refractivity contribution is 0.332. The fourth-order valence-corrected chi connectivity index (χ4v) is 16.4. The number of nitrogens with zero attached hydrogens (tertiary/aromatic N) is 1. The summed E-state index contributed by atoms with van der Waals surface area (Å²) in [6.45, 7) is 9.78. The fraction of sp³-hybridized carbons (Fsp3) is 0.143. The van der Waals surface area contributed by atoms with E-state index in [1.807, 2.05) is 11.3 Å². The van der Waals surface area contributed by atoms with Crippen LogP contribution in [0, 0.1) is 0 Å². The molecule has 0 atom stereocenters. The van der Waals surface area contributed by atoms with Crippen molar-refractivity contribution in [3.05, 3.63) is 199 Å². The number of benzene rings is 8. The summed E-state index contributed by atoms with van der Waals surface area (Å²) in [5.74, 6) is 0. The van der Waals surface area contributed by atoms with Gasteiger partial charge in [-0.05, 0) is 97.5 Å². The van der Waals surface area contributed by atoms with Gasteiger partial charge in [0, 0.05) is 42.2 Å². The van der Waals surface area contributed by atoms with Gasteiger partial charge >= 0.3 is 0 Å². The molecular formula is C56H47NSSi. The van der Waals surface area contributed by atoms with Gasteiger partial charge in [0.15, 0.2) is 8.07 Å². The Morgan fingerprint density at radius 3 is 1.80 bits per heavy atom. The summed E-state index contributed by atoms with van der Waals surface area (Å²) in [6, 6.07) is 71.8. The van der Waals surface area contributed by atoms with Crippen molar-refractivity contribution in [2.75, 3.05) is 0 Å². The zero-order valence-electron chi connectivity index (χ0n) is 34.2. The first-order valence-electron chi connectivity index (χ1n) is 21.1. The topological polar surface area (TPSA) is 4.93 Å². The van der Waals surface area contributed by atoms with Crippen LogP contribution in [0.4, 0.5) is 0 Å². The van der Waals surface area contributed by atoms with E-state index >= 15 is 0 Å². The molecule has 3 heteroatoms. The van der Waals surface area contributed by atoms with Crippen molar-refractivity contribution in [3.8, 4) is 16.8 Å². The molecule has 1 nitrogen and oxygen atoms in total. The van der Waals surface area contributed by atoms with Crippen LogP contribution in [0.15, 0.2) is 188 Å². The van der Waals surface area contributed by atoms with E-state index in [-0.39, 0.29) is 10.8 Å². The van der Waals surface area contributed by atoms with Gasteiger partial charge in [0.05, 0.1) is 11.0 Å². The van der Waals surface area contributed by atoms with Gasteiger partial charge in [0.1, 0.15) is 0 Å². The van der Waals surface area contributed by atoms with Crippen LogP contribution < -0.4 is 20.7 Å². The van der Waals surface area contributed by atoms with Crippen molar-refractivity contribution in [1.29, 1.82) is 0 Å². The Morgan fingerprint density at radius 1 is 0.441 bits per heavy atom. The first-order valence-corrected chi connectivity index (χ1v) is 23.9. The van der Waals surface area contributed by atoms with Crippen molar-refractivity contribution < 1.29 is 0 Å². The quantitative estimate of drug-likeness (QED) is 0.117. The van der Waals surface area contributed by atoms with E-state index < -0.39 is 8.07 Å². The fourth-order valence-electron chi connectivity index (χ4n) is 10.5. The Bertz CT molecular complexity index is 3180. The zero-order valence-corrected chi connectivity index (χ0v) is 36.0. The zero-order chi connectivity index (χ0) is 39.9. The van der Waals surface area contributed by atoms with Crippen LogP contribution >= 0.6 is 11.3 Å². The van der Waals surface area contributed by atoms with Gasteiger partial charge in [0.2, 0.25) is 0 Å². The third-order valence-corrected chi connectivity index (χ3v) is 19.5. The van der Waals surface area contributed by atoms with Gasteiger partial charge in [-0.25, -0.2) is 0 Å². The Balaban J connectivity index is 1.20. The molecule has 8 aromatic carbocycles. The average Bonchev–Trinajstić information content (AvgIpc) is 3.82. The first kappa shape index (κ1) is 36.1. The number of fused-ring (bicyclic) bond motifs is 7. The molecule has 0 N–H and O–H groups in total. The molecule has 1 aliphatic carbocycles. The molecular weight excluding hydrogens is 747 g/mol. The highest BCUT2D eigenvalue weighted by atomic mass is 32.1. The van der Waals surface area contributed by atoms with Crippen molar-refractivity contribution in [1.82, 2.24) is 4.57 Å². The van der Waals surface area contributed by atoms with Crippen LogP contribution in [0.1, 0.15) is 51.7 Å². The van der Waals surface area contributed by atoms with E-state index in [0.29, 0.717) is 0 Å². The summed E-state index contributed by atoms with van der Waals surface area (Å²) in [5.41, 5.74) is 9.38. The van der Waals surface area contributed by atoms with Crippen molar-refractivity contribution in [2.24, 2.45) is 0 Å². The summed E-state index contributed by atoms with van der Waals surface area (Å²) in [6.07, 6.45) is 2.38. The molecule has 0 saturated carbocycles. The third kappa shape index (κ3) is 5.55. The maximum absolute atomic E-state index is 2.89. The number of hydrogen-bond donors (Lipinski definition) is 0. The Kier molecular flexibility index (Phi) is 8.28. The summed E-state index contributed by atoms with van der Waals surface area (Å²) >= 11 is 1.88. The van der Waals surface area contributed by atoms with Crippen LogP contribution in [-0.4, -0.2) is 12.6 Å². The van der Waals surface area contributed by atoms with Crippen LogP contribution in [0.5, 0.6) is 0 Å². The van der Waals surface area contributed by atoms with E-state index in [4.69, 9.17) is 0 Å². The normalized spacial score (nSPS) is 14.9. The summed E-state index contributed by atoms with van der Waals surface area (Å²) in [4.78, 5) is 0. The summed E-state index contributed by atoms with van der Waals surface area (Å²) < 4.78 is 5.21. The number of thiophene rings is 1. The van der Waals surface area contributed by atoms with Crippen LogP contribution in [0.25, 0.3) is 58.8 Å². The predicted octanol–water partition coefficient (Wildman–Crippen LogP) is 12.5. The molecule has 0 bridgehead atoms. The molecule has 59 heavy (non-hydrogen) atoms. The van der Waals surface area contributed by atoms with Crippen molar-refractivity contribution in [3.63, 3.8) is 0 Å². The van der Waals surface area contributed by atoms with Crippen molar-refractivity contribution in [2.45, 2.75) is 51.4 Å². The molecule has 0 saturated heterocycles. The highest BCUT2D eigenvalue weighted by Gasteiger charge is 2.44. The molecule has 11 rings (SSSR count). The molecule has 286 valence electrons. The van der Waals surface area contributed by atoms with E-state index in [1.165, 1.54) is 104 Å². The van der Waals surface area contributed by atoms with E-state index in [9.17, 15) is 0 Å². The minimum absolute atomic E-state index is 0.0912. The molecule has 0 radical (unpaired) electrons. The van der Waals surface area contributed by atoms with Gasteiger partial charge in [0.25, 0.3) is 0 Å². The molecule has 0 spiro atoms. The molecule has 2 heterocycles. The van der Waals surface area contributed by atoms with Gasteiger partial charge in [-0.2, -0.15) is 0 Å². The van der Waals surface area contributed by atoms with E-state index in [1.54, 1.807) is 0 Å². The monoisotopic (exact) mass is 793 g/mol. The van der Waals surface area contributed by atoms with Gasteiger partial charge < -0.3 is 4.57 Å². The lowest BCUT2D eigenvalue weighted by atomic mass is 9.63. The lowest BCUT2D eigenvalue weighted by Crippen LogP contribution is -2.75. The maximum atomic E-state index is 2.64. The predicted molar refractivity (Wildman–Crippen MR) is 258 cm³/mol. The van der Waals surface area contributed by atoms with E-state index in [2.05, 4.69) is 220 Å². The number of rotatable bonds is 6. The first-order chi connectivity index (χ1) is 28.7. The second-order valence-corrected chi connectivity index (χ2v) is 22.8. The number of aromatic nitrogens is 1. The van der Waals surface area contributed by atoms with Gasteiger partial charge in [-0.3, -0.25) is 0 Å². The largest absolute Gasteiger partial charge is 0.309 e. The molecule has 1 aliphatic rings. The highest BCUT2D eigenvalue weighted by Crippen LogP contribution is 2.46. The minimum Gasteiger partial charge on any atom is -0.309 e. The second kappa shape index (κ2) is 13.5. The molecule has 0 fully saturated rings. The van der Waals surface area contributed by atoms with E-state index in [0.717, 1.165) is 0 Å². The second-order valence-electron chi connectivity index (χ2n) is 17.9. The van der Waals surface area contributed by atoms with Crippen molar-refractivity contribution >= 4 is 82.1 Å². The third-order valence-electron chi connectivity index (χ3n) is 13.6. The Morgan fingerprint density at radius 2 is 1.03 bits per heavy atom. The number of hydrogen-bond acceptors (Lipinski definition) is 1. The molecule has 0 amide bonds. The number of para-hydroxylation sites is 2. The van der Waals surface area contributed by atoms with Crippen LogP contribution in [-0.2, 0) is 10.8 Å². The standard InChI is InChI=1S/C56H47NSSi/c1-55(2)33-34-56(3,4)50-37-43(30-31-49(50)55)59(40-18-7-5-8-19-40,41-20-9-6-10-21-41)42-22-15-17-39(36-42)57-51-27-13-11-23-45(51)47-26-16-25-44(54(47)57)38-29-32-53-48(35-38)46-24-12-14-28-52(46)58-53/h5-32,35-37H,33-34H2,1-4H3. The van der Waals surface area contributed by atoms with Gasteiger partial charge in [-0.1, -0.05) is 179 Å². The molecule has 0 unspecified atom stereocenters. The Hall–Kier alpha value is -6.00. The lowest BCUT2D eigenvalue weighted by Gasteiger charge is -2.43. The maximum Gasteiger partial charge on any atom is 0.179 e. The molecule has 0 aliphatic heterocycles. The molecule has 10 aromatic rings. The smallest absolute Gasteiger partial charge is 0.179 e. The summed E-state index contributed by atoms with van der Waals surface area (Å²) in [5, 5.41) is 10.8. The van der Waals surface area contributed by atoms with Crippen LogP contribution in [0.3, 0.4) is 0 Å². The minimum atomic E-state index is -2.89. The Labute approximate surface area is 352 Å². The van der Waals surface area contributed by atoms with Crippen LogP contribution in [0.2, 0.25) is 0 Å². The molecule has 2 aromatic heterocycles. The SMILES string of the molecule is CC1(C)CCC(C)(C)c2cc([Si](c3ccccc3)(c3ccccc3)c3cccc(-n4c5ccccc5c5cccc(-c6ccc7sc8ccccc8c7c6)c54)c3)ccc21.